The predicted octanol–water partition coefficient (Wildman–Crippen LogP) is 2.10. The van der Waals surface area contributed by atoms with Gasteiger partial charge >= 0.3 is 6.18 Å². The number of rotatable bonds is 1. The first-order valence-corrected chi connectivity index (χ1v) is 9.22. The van der Waals surface area contributed by atoms with Crippen LogP contribution < -0.4 is 0 Å². The lowest BCUT2D eigenvalue weighted by molar-refractivity contribution is -0.137. The molecule has 4 nitrogen and oxygen atoms in total. The van der Waals surface area contributed by atoms with Crippen molar-refractivity contribution in [1.82, 2.24) is 0 Å². The molecule has 1 aliphatic rings. The Labute approximate surface area is 120 Å². The van der Waals surface area contributed by atoms with Crippen LogP contribution in [0, 0.1) is 0 Å². The van der Waals surface area contributed by atoms with Gasteiger partial charge in [-0.2, -0.15) is 13.2 Å². The van der Waals surface area contributed by atoms with E-state index in [1.54, 1.807) is 0 Å². The Hall–Kier alpha value is -1.35. The Morgan fingerprint density at radius 3 is 2.10 bits per heavy atom. The highest BCUT2D eigenvalue weighted by atomic mass is 32.2. The molecule has 1 aromatic rings. The third-order valence-electron chi connectivity index (χ3n) is 3.06. The monoisotopic (exact) mass is 340 g/mol. The third-order valence-corrected chi connectivity index (χ3v) is 6.64. The van der Waals surface area contributed by atoms with Gasteiger partial charge in [-0.25, -0.2) is 16.8 Å². The van der Waals surface area contributed by atoms with Gasteiger partial charge in [0.1, 0.15) is 5.25 Å². The van der Waals surface area contributed by atoms with Crippen molar-refractivity contribution in [3.8, 4) is 0 Å². The normalized spacial score (nSPS) is 24.4. The fourth-order valence-electron chi connectivity index (χ4n) is 2.00. The van der Waals surface area contributed by atoms with E-state index in [0.29, 0.717) is 0 Å². The van der Waals surface area contributed by atoms with Gasteiger partial charge in [0.2, 0.25) is 0 Å². The summed E-state index contributed by atoms with van der Waals surface area (Å²) in [5.74, 6) is -1.13. The molecule has 0 N–H and O–H groups in total. The average molecular weight is 340 g/mol. The standard InChI is InChI=1S/C12H11F3O4S2/c13-12(14,15)10-4-2-9(3-5-10)11-8-20(16,17)6-1-7-21(11,18)19/h1-6,11H,7-8H2. The maximum atomic E-state index is 12.5. The van der Waals surface area contributed by atoms with Crippen molar-refractivity contribution in [2.45, 2.75) is 11.4 Å². The van der Waals surface area contributed by atoms with Crippen molar-refractivity contribution in [3.63, 3.8) is 0 Å². The number of benzene rings is 1. The summed E-state index contributed by atoms with van der Waals surface area (Å²) < 4.78 is 84.8. The molecule has 0 saturated heterocycles. The summed E-state index contributed by atoms with van der Waals surface area (Å²) >= 11 is 0. The first-order valence-electron chi connectivity index (χ1n) is 5.79. The molecule has 0 fully saturated rings. The van der Waals surface area contributed by atoms with Crippen molar-refractivity contribution in [3.05, 3.63) is 46.9 Å². The highest BCUT2D eigenvalue weighted by molar-refractivity contribution is 7.97. The number of halogens is 3. The summed E-state index contributed by atoms with van der Waals surface area (Å²) in [7, 11) is -7.49. The van der Waals surface area contributed by atoms with Crippen LogP contribution in [0.5, 0.6) is 0 Å². The summed E-state index contributed by atoms with van der Waals surface area (Å²) in [4.78, 5) is 0. The van der Waals surface area contributed by atoms with Crippen molar-refractivity contribution in [1.29, 1.82) is 0 Å². The van der Waals surface area contributed by atoms with E-state index < -0.39 is 48.2 Å². The summed E-state index contributed by atoms with van der Waals surface area (Å²) in [5, 5.41) is -0.533. The van der Waals surface area contributed by atoms with E-state index in [9.17, 15) is 30.0 Å². The van der Waals surface area contributed by atoms with Crippen LogP contribution in [-0.4, -0.2) is 28.3 Å². The third kappa shape index (κ3) is 3.65. The fraction of sp³-hybridized carbons (Fsp3) is 0.333. The zero-order valence-corrected chi connectivity index (χ0v) is 12.2. The lowest BCUT2D eigenvalue weighted by atomic mass is 10.1. The molecule has 0 aliphatic carbocycles. The quantitative estimate of drug-likeness (QED) is 0.785. The molecule has 2 rings (SSSR count). The molecule has 116 valence electrons. The Bertz CT molecular complexity index is 760. The second-order valence-electron chi connectivity index (χ2n) is 4.64. The molecule has 1 heterocycles. The molecule has 21 heavy (non-hydrogen) atoms. The molecule has 1 aliphatic heterocycles. The van der Waals surface area contributed by atoms with Crippen LogP contribution in [0.2, 0.25) is 0 Å². The van der Waals surface area contributed by atoms with E-state index in [-0.39, 0.29) is 5.56 Å². The van der Waals surface area contributed by atoms with Crippen LogP contribution in [0.25, 0.3) is 0 Å². The van der Waals surface area contributed by atoms with Gasteiger partial charge in [-0.1, -0.05) is 18.2 Å². The minimum Gasteiger partial charge on any atom is -0.228 e. The second-order valence-corrected chi connectivity index (χ2v) is 8.80. The van der Waals surface area contributed by atoms with Gasteiger partial charge in [0.25, 0.3) is 0 Å². The smallest absolute Gasteiger partial charge is 0.228 e. The van der Waals surface area contributed by atoms with Gasteiger partial charge in [0.15, 0.2) is 19.7 Å². The van der Waals surface area contributed by atoms with Crippen molar-refractivity contribution >= 4 is 19.7 Å². The van der Waals surface area contributed by atoms with Crippen molar-refractivity contribution in [2.24, 2.45) is 0 Å². The molecule has 1 atom stereocenters. The summed E-state index contributed by atoms with van der Waals surface area (Å²) in [5.41, 5.74) is -0.881. The maximum Gasteiger partial charge on any atom is 0.416 e. The molecule has 1 aromatic carbocycles. The molecular weight excluding hydrogens is 329 g/mol. The van der Waals surface area contributed by atoms with Crippen LogP contribution in [-0.2, 0) is 25.9 Å². The largest absolute Gasteiger partial charge is 0.416 e. The topological polar surface area (TPSA) is 68.3 Å². The van der Waals surface area contributed by atoms with Gasteiger partial charge in [0, 0.05) is 5.41 Å². The first-order chi connectivity index (χ1) is 9.51. The van der Waals surface area contributed by atoms with Gasteiger partial charge in [0.05, 0.1) is 17.1 Å². The van der Waals surface area contributed by atoms with Gasteiger partial charge < -0.3 is 0 Å². The van der Waals surface area contributed by atoms with E-state index in [1.807, 2.05) is 0 Å². The number of hydrogen-bond donors (Lipinski definition) is 0. The molecule has 0 spiro atoms. The lowest BCUT2D eigenvalue weighted by Crippen LogP contribution is -2.21. The highest BCUT2D eigenvalue weighted by Gasteiger charge is 2.34. The molecule has 1 unspecified atom stereocenters. The number of sulfone groups is 2. The SMILES string of the molecule is O=S1(=O)C=CCS(=O)(=O)C(c2ccc(C(F)(F)F)cc2)C1. The zero-order valence-electron chi connectivity index (χ0n) is 10.5. The van der Waals surface area contributed by atoms with Crippen molar-refractivity contribution < 1.29 is 30.0 Å². The summed E-state index contributed by atoms with van der Waals surface area (Å²) in [6, 6.07) is 3.50. The zero-order chi connectivity index (χ0) is 15.9. The summed E-state index contributed by atoms with van der Waals surface area (Å²) in [6.45, 7) is 0. The minimum atomic E-state index is -4.53. The molecule has 0 saturated carbocycles. The Morgan fingerprint density at radius 1 is 1.00 bits per heavy atom. The molecule has 0 bridgehead atoms. The van der Waals surface area contributed by atoms with Gasteiger partial charge in [-0.3, -0.25) is 0 Å². The minimum absolute atomic E-state index is 0.0373. The van der Waals surface area contributed by atoms with E-state index in [4.69, 9.17) is 0 Å². The molecule has 0 aromatic heterocycles. The van der Waals surface area contributed by atoms with Gasteiger partial charge in [-0.05, 0) is 17.7 Å². The van der Waals surface area contributed by atoms with E-state index in [1.165, 1.54) is 0 Å². The van der Waals surface area contributed by atoms with Gasteiger partial charge in [-0.15, -0.1) is 0 Å². The lowest BCUT2D eigenvalue weighted by Gasteiger charge is -2.15. The molecule has 0 radical (unpaired) electrons. The molecular formula is C12H11F3O4S2. The van der Waals surface area contributed by atoms with E-state index >= 15 is 0 Å². The number of alkyl halides is 3. The van der Waals surface area contributed by atoms with E-state index in [2.05, 4.69) is 0 Å². The Morgan fingerprint density at radius 2 is 1.57 bits per heavy atom. The molecule has 0 amide bonds. The van der Waals surface area contributed by atoms with E-state index in [0.717, 1.165) is 35.7 Å². The van der Waals surface area contributed by atoms with Crippen LogP contribution in [0.3, 0.4) is 0 Å². The summed E-state index contributed by atoms with van der Waals surface area (Å²) in [6.07, 6.45) is -3.50. The van der Waals surface area contributed by atoms with Crippen LogP contribution in [0.4, 0.5) is 13.2 Å². The molecule has 9 heteroatoms. The second kappa shape index (κ2) is 5.13. The highest BCUT2D eigenvalue weighted by Crippen LogP contribution is 2.32. The average Bonchev–Trinajstić information content (AvgIpc) is 2.44. The number of hydrogen-bond acceptors (Lipinski definition) is 4. The van der Waals surface area contributed by atoms with Crippen LogP contribution in [0.15, 0.2) is 35.7 Å². The predicted molar refractivity (Wildman–Crippen MR) is 70.9 cm³/mol. The first kappa shape index (κ1) is 16.0. The van der Waals surface area contributed by atoms with Crippen molar-refractivity contribution in [2.75, 3.05) is 11.5 Å². The maximum absolute atomic E-state index is 12.5. The Balaban J connectivity index is 2.44. The fourth-order valence-corrected chi connectivity index (χ4v) is 5.80. The van der Waals surface area contributed by atoms with Crippen LogP contribution in [0.1, 0.15) is 16.4 Å². The van der Waals surface area contributed by atoms with Crippen LogP contribution >= 0.6 is 0 Å². The Kier molecular flexibility index (Phi) is 3.92.